The molecule has 0 radical (unpaired) electrons. The van der Waals surface area contributed by atoms with Gasteiger partial charge in [0, 0.05) is 11.9 Å². The minimum Gasteiger partial charge on any atom is -0.396 e. The van der Waals surface area contributed by atoms with E-state index in [2.05, 4.69) is 9.97 Å². The fraction of sp³-hybridized carbons (Fsp3) is 0.556. The maximum Gasteiger partial charge on any atom is 0.322 e. The molecule has 0 saturated heterocycles. The number of hydrogen-bond donors (Lipinski definition) is 2. The Kier molecular flexibility index (Phi) is 4.64. The highest BCUT2D eigenvalue weighted by Crippen LogP contribution is 2.33. The van der Waals surface area contributed by atoms with Crippen molar-refractivity contribution in [2.24, 2.45) is 0 Å². The molecule has 17 heavy (non-hydrogen) atoms. The Morgan fingerprint density at radius 3 is 2.76 bits per heavy atom. The molecule has 1 heterocycles. The van der Waals surface area contributed by atoms with E-state index in [1.807, 2.05) is 6.92 Å². The summed E-state index contributed by atoms with van der Waals surface area (Å²) in [5, 5.41) is 20.0. The number of aliphatic hydroxyl groups is 1. The normalized spacial score (nSPS) is 12.4. The molecule has 0 fully saturated rings. The van der Waals surface area contributed by atoms with Crippen molar-refractivity contribution >= 4 is 23.4 Å². The third kappa shape index (κ3) is 3.53. The van der Waals surface area contributed by atoms with Gasteiger partial charge >= 0.3 is 5.69 Å². The van der Waals surface area contributed by atoms with Crippen molar-refractivity contribution in [2.45, 2.75) is 30.5 Å². The van der Waals surface area contributed by atoms with Gasteiger partial charge in [-0.05, 0) is 13.3 Å². The Labute approximate surface area is 103 Å². The molecule has 1 atom stereocenters. The summed E-state index contributed by atoms with van der Waals surface area (Å²) >= 11 is 1.22. The van der Waals surface area contributed by atoms with Crippen LogP contribution in [0.15, 0.2) is 5.03 Å². The first-order valence-corrected chi connectivity index (χ1v) is 5.89. The number of aromatic nitrogens is 2. The van der Waals surface area contributed by atoms with Gasteiger partial charge in [0.2, 0.25) is 5.95 Å². The summed E-state index contributed by atoms with van der Waals surface area (Å²) in [6.07, 6.45) is 0.533. The Hall–Kier alpha value is -1.41. The third-order valence-corrected chi connectivity index (χ3v) is 3.22. The molecule has 1 aromatic rings. The second-order valence-electron chi connectivity index (χ2n) is 3.52. The number of nitrogen functional groups attached to an aromatic ring is 1. The molecule has 0 aromatic carbocycles. The minimum atomic E-state index is -0.511. The first-order valence-electron chi connectivity index (χ1n) is 5.01. The van der Waals surface area contributed by atoms with Crippen LogP contribution in [0.4, 0.5) is 11.6 Å². The minimum absolute atomic E-state index is 0.0202. The predicted octanol–water partition coefficient (Wildman–Crippen LogP) is 1.14. The number of thioether (sulfide) groups is 1. The van der Waals surface area contributed by atoms with Crippen molar-refractivity contribution in [1.29, 1.82) is 0 Å². The topological polar surface area (TPSA) is 115 Å². The largest absolute Gasteiger partial charge is 0.396 e. The van der Waals surface area contributed by atoms with E-state index in [9.17, 15) is 10.1 Å². The predicted molar refractivity (Wildman–Crippen MR) is 64.9 cm³/mol. The lowest BCUT2D eigenvalue weighted by atomic mass is 10.3. The van der Waals surface area contributed by atoms with Gasteiger partial charge in [-0.25, -0.2) is 4.98 Å². The van der Waals surface area contributed by atoms with Crippen LogP contribution in [0.25, 0.3) is 0 Å². The van der Waals surface area contributed by atoms with Crippen LogP contribution in [-0.2, 0) is 0 Å². The Bertz CT molecular complexity index is 427. The van der Waals surface area contributed by atoms with Gasteiger partial charge in [0.05, 0.1) is 4.92 Å². The number of hydrogen-bond acceptors (Lipinski definition) is 7. The third-order valence-electron chi connectivity index (χ3n) is 2.07. The van der Waals surface area contributed by atoms with Crippen LogP contribution >= 0.6 is 11.8 Å². The van der Waals surface area contributed by atoms with Crippen LogP contribution in [-0.4, -0.2) is 31.9 Å². The van der Waals surface area contributed by atoms with Gasteiger partial charge in [0.1, 0.15) is 5.69 Å². The molecular weight excluding hydrogens is 244 g/mol. The number of aliphatic hydroxyl groups excluding tert-OH is 1. The van der Waals surface area contributed by atoms with Gasteiger partial charge in [0.15, 0.2) is 5.03 Å². The van der Waals surface area contributed by atoms with E-state index < -0.39 is 4.92 Å². The van der Waals surface area contributed by atoms with Gasteiger partial charge in [-0.2, -0.15) is 4.98 Å². The molecule has 0 spiro atoms. The summed E-state index contributed by atoms with van der Waals surface area (Å²) < 4.78 is 0. The molecule has 1 rings (SSSR count). The molecule has 0 aliphatic rings. The van der Waals surface area contributed by atoms with Crippen LogP contribution in [0.3, 0.4) is 0 Å². The summed E-state index contributed by atoms with van der Waals surface area (Å²) in [6.45, 7) is 3.41. The highest BCUT2D eigenvalue weighted by molar-refractivity contribution is 8.00. The highest BCUT2D eigenvalue weighted by atomic mass is 32.2. The highest BCUT2D eigenvalue weighted by Gasteiger charge is 2.23. The summed E-state index contributed by atoms with van der Waals surface area (Å²) in [6, 6.07) is 0. The number of nitro groups is 1. The van der Waals surface area contributed by atoms with E-state index in [4.69, 9.17) is 10.8 Å². The van der Waals surface area contributed by atoms with Crippen molar-refractivity contribution in [3.05, 3.63) is 15.8 Å². The molecule has 0 aliphatic carbocycles. The van der Waals surface area contributed by atoms with Crippen LogP contribution < -0.4 is 5.73 Å². The van der Waals surface area contributed by atoms with E-state index >= 15 is 0 Å². The van der Waals surface area contributed by atoms with Gasteiger partial charge in [-0.15, -0.1) is 0 Å². The lowest BCUT2D eigenvalue weighted by Crippen LogP contribution is -2.07. The molecule has 0 bridgehead atoms. The average Bonchev–Trinajstić information content (AvgIpc) is 2.15. The summed E-state index contributed by atoms with van der Waals surface area (Å²) in [7, 11) is 0. The van der Waals surface area contributed by atoms with E-state index in [0.29, 0.717) is 6.42 Å². The molecule has 1 aromatic heterocycles. The smallest absolute Gasteiger partial charge is 0.322 e. The first-order chi connectivity index (χ1) is 7.95. The van der Waals surface area contributed by atoms with Gasteiger partial charge < -0.3 is 10.8 Å². The molecule has 8 heteroatoms. The van der Waals surface area contributed by atoms with Gasteiger partial charge in [-0.3, -0.25) is 10.1 Å². The van der Waals surface area contributed by atoms with Crippen molar-refractivity contribution < 1.29 is 10.0 Å². The summed E-state index contributed by atoms with van der Waals surface area (Å²) in [5.74, 6) is 0.0202. The number of nitrogens with two attached hydrogens (primary N) is 1. The molecule has 3 N–H and O–H groups in total. The lowest BCUT2D eigenvalue weighted by molar-refractivity contribution is -0.389. The zero-order valence-electron chi connectivity index (χ0n) is 9.58. The Morgan fingerprint density at radius 1 is 1.59 bits per heavy atom. The van der Waals surface area contributed by atoms with Gasteiger partial charge in [0.25, 0.3) is 0 Å². The van der Waals surface area contributed by atoms with E-state index in [1.54, 1.807) is 0 Å². The second-order valence-corrected chi connectivity index (χ2v) is 4.95. The van der Waals surface area contributed by atoms with E-state index in [-0.39, 0.29) is 34.2 Å². The van der Waals surface area contributed by atoms with Gasteiger partial charge in [-0.1, -0.05) is 18.7 Å². The average molecular weight is 258 g/mol. The SMILES string of the molecule is Cc1nc(N)nc(SC(C)CCO)c1[N+](=O)[O-]. The molecule has 7 nitrogen and oxygen atoms in total. The van der Waals surface area contributed by atoms with Crippen molar-refractivity contribution in [3.8, 4) is 0 Å². The fourth-order valence-electron chi connectivity index (χ4n) is 1.29. The van der Waals surface area contributed by atoms with Crippen LogP contribution in [0, 0.1) is 17.0 Å². The van der Waals surface area contributed by atoms with E-state index in [1.165, 1.54) is 18.7 Å². The molecule has 94 valence electrons. The summed E-state index contributed by atoms with van der Waals surface area (Å²) in [5.41, 5.74) is 5.61. The standard InChI is InChI=1S/C9H14N4O3S/c1-5(3-4-14)17-8-7(13(15)16)6(2)11-9(10)12-8/h5,14H,3-4H2,1-2H3,(H2,10,11,12). The molecule has 1 unspecified atom stereocenters. The van der Waals surface area contributed by atoms with Crippen LogP contribution in [0.1, 0.15) is 19.0 Å². The molecule has 0 amide bonds. The zero-order valence-corrected chi connectivity index (χ0v) is 10.4. The van der Waals surface area contributed by atoms with Crippen LogP contribution in [0.5, 0.6) is 0 Å². The monoisotopic (exact) mass is 258 g/mol. The Balaban J connectivity index is 3.08. The number of nitrogens with zero attached hydrogens (tertiary/aromatic N) is 3. The quantitative estimate of drug-likeness (QED) is 0.352. The number of aryl methyl sites for hydroxylation is 1. The molecule has 0 aliphatic heterocycles. The lowest BCUT2D eigenvalue weighted by Gasteiger charge is -2.09. The summed E-state index contributed by atoms with van der Waals surface area (Å²) in [4.78, 5) is 18.1. The molecular formula is C9H14N4O3S. The number of rotatable bonds is 5. The van der Waals surface area contributed by atoms with Crippen molar-refractivity contribution in [3.63, 3.8) is 0 Å². The second kappa shape index (κ2) is 5.78. The van der Waals surface area contributed by atoms with Crippen molar-refractivity contribution in [1.82, 2.24) is 9.97 Å². The maximum absolute atomic E-state index is 10.9. The fourth-order valence-corrected chi connectivity index (χ4v) is 2.37. The van der Waals surface area contributed by atoms with Crippen LogP contribution in [0.2, 0.25) is 0 Å². The first kappa shape index (κ1) is 13.7. The number of anilines is 1. The van der Waals surface area contributed by atoms with E-state index in [0.717, 1.165) is 0 Å². The zero-order chi connectivity index (χ0) is 13.0. The maximum atomic E-state index is 10.9. The molecule has 0 saturated carbocycles. The Morgan fingerprint density at radius 2 is 2.24 bits per heavy atom. The van der Waals surface area contributed by atoms with Crippen molar-refractivity contribution in [2.75, 3.05) is 12.3 Å².